The van der Waals surface area contributed by atoms with Gasteiger partial charge in [-0.1, -0.05) is 47.0 Å². The molecule has 39 heavy (non-hydrogen) atoms. The van der Waals surface area contributed by atoms with Crippen LogP contribution in [0.3, 0.4) is 0 Å². The van der Waals surface area contributed by atoms with Gasteiger partial charge in [-0.3, -0.25) is 0 Å². The molecule has 8 nitrogen and oxygen atoms in total. The summed E-state index contributed by atoms with van der Waals surface area (Å²) < 4.78 is 8.40. The van der Waals surface area contributed by atoms with Crippen molar-refractivity contribution >= 4 is 33.8 Å². The molecular formula is C31H48N6O2. The third kappa shape index (κ3) is 6.95. The minimum absolute atomic E-state index is 0.128. The highest BCUT2D eigenvalue weighted by molar-refractivity contribution is 6.06. The number of anilines is 1. The van der Waals surface area contributed by atoms with E-state index in [0.29, 0.717) is 30.3 Å². The maximum atomic E-state index is 12.6. The first kappa shape index (κ1) is 29.0. The Balaban J connectivity index is 0.00000172. The zero-order valence-electron chi connectivity index (χ0n) is 24.6. The van der Waals surface area contributed by atoms with Crippen LogP contribution in [-0.4, -0.2) is 51.2 Å². The van der Waals surface area contributed by atoms with Crippen molar-refractivity contribution in [1.82, 2.24) is 24.8 Å². The zero-order chi connectivity index (χ0) is 27.9. The van der Waals surface area contributed by atoms with Crippen LogP contribution in [-0.2, 0) is 6.54 Å². The van der Waals surface area contributed by atoms with Crippen molar-refractivity contribution in [3.63, 3.8) is 0 Å². The fourth-order valence-corrected chi connectivity index (χ4v) is 5.96. The predicted molar refractivity (Wildman–Crippen MR) is 160 cm³/mol. The molecule has 1 aromatic carbocycles. The summed E-state index contributed by atoms with van der Waals surface area (Å²) in [5.74, 6) is 3.32. The average molecular weight is 537 g/mol. The molecule has 1 aliphatic heterocycles. The summed E-state index contributed by atoms with van der Waals surface area (Å²) in [6.07, 6.45) is 9.09. The molecule has 1 saturated carbocycles. The first-order valence-electron chi connectivity index (χ1n) is 15.1. The lowest BCUT2D eigenvalue weighted by molar-refractivity contribution is 0.155. The molecule has 1 saturated heterocycles. The molecule has 2 fully saturated rings. The molecular weight excluding hydrogens is 488 g/mol. The van der Waals surface area contributed by atoms with Crippen LogP contribution in [0.15, 0.2) is 18.2 Å². The fourth-order valence-electron chi connectivity index (χ4n) is 5.96. The number of fused-ring (bicyclic) bond motifs is 3. The van der Waals surface area contributed by atoms with E-state index >= 15 is 0 Å². The predicted octanol–water partition coefficient (Wildman–Crippen LogP) is 6.68. The van der Waals surface area contributed by atoms with E-state index in [1.54, 1.807) is 0 Å². The zero-order valence-corrected chi connectivity index (χ0v) is 24.6. The number of nitrogen functional groups attached to an aromatic ring is 1. The van der Waals surface area contributed by atoms with E-state index in [9.17, 15) is 4.79 Å². The lowest BCUT2D eigenvalue weighted by Gasteiger charge is -2.34. The van der Waals surface area contributed by atoms with Crippen molar-refractivity contribution in [2.45, 2.75) is 98.6 Å². The molecule has 2 amide bonds. The number of benzene rings is 1. The van der Waals surface area contributed by atoms with E-state index in [0.717, 1.165) is 85.2 Å². The number of hydrogen-bond donors (Lipinski definition) is 2. The van der Waals surface area contributed by atoms with Crippen LogP contribution in [0, 0.1) is 18.8 Å². The van der Waals surface area contributed by atoms with Crippen molar-refractivity contribution in [3.8, 4) is 5.75 Å². The monoisotopic (exact) mass is 536 g/mol. The second kappa shape index (κ2) is 13.4. The molecule has 3 heterocycles. The van der Waals surface area contributed by atoms with E-state index in [1.165, 1.54) is 19.3 Å². The second-order valence-corrected chi connectivity index (χ2v) is 11.4. The number of pyridine rings is 1. The van der Waals surface area contributed by atoms with Gasteiger partial charge in [0.25, 0.3) is 0 Å². The number of nitrogens with two attached hydrogens (primary N) is 1. The van der Waals surface area contributed by atoms with Gasteiger partial charge >= 0.3 is 6.03 Å². The Labute approximate surface area is 233 Å². The number of ether oxygens (including phenoxy) is 1. The highest BCUT2D eigenvalue weighted by Gasteiger charge is 2.25. The number of aryl methyl sites for hydroxylation is 1. The van der Waals surface area contributed by atoms with Crippen LogP contribution in [0.4, 0.5) is 10.6 Å². The first-order valence-corrected chi connectivity index (χ1v) is 15.1. The number of likely N-dealkylation sites (tertiary alicyclic amines) is 1. The number of imidazole rings is 1. The highest BCUT2D eigenvalue weighted by Crippen LogP contribution is 2.31. The number of aromatic nitrogens is 3. The number of urea groups is 1. The first-order chi connectivity index (χ1) is 18.9. The van der Waals surface area contributed by atoms with Gasteiger partial charge in [0.05, 0.1) is 17.6 Å². The molecule has 2 aliphatic rings. The normalized spacial score (nSPS) is 16.9. The molecule has 5 rings (SSSR count). The van der Waals surface area contributed by atoms with E-state index in [2.05, 4.69) is 34.8 Å². The van der Waals surface area contributed by atoms with Gasteiger partial charge in [-0.05, 0) is 63.0 Å². The molecule has 1 aliphatic carbocycles. The maximum absolute atomic E-state index is 12.6. The molecule has 0 unspecified atom stereocenters. The van der Waals surface area contributed by atoms with Gasteiger partial charge in [-0.15, -0.1) is 0 Å². The molecule has 8 heteroatoms. The van der Waals surface area contributed by atoms with Gasteiger partial charge in [0.2, 0.25) is 0 Å². The van der Waals surface area contributed by atoms with Gasteiger partial charge in [0, 0.05) is 37.1 Å². The smallest absolute Gasteiger partial charge is 0.317 e. The number of hydrogen-bond acceptors (Lipinski definition) is 5. The third-order valence-electron chi connectivity index (χ3n) is 8.04. The Morgan fingerprint density at radius 1 is 1.10 bits per heavy atom. The Bertz CT molecular complexity index is 1240. The highest BCUT2D eigenvalue weighted by atomic mass is 16.5. The Hall–Kier alpha value is -3.03. The topological polar surface area (TPSA) is 98.3 Å². The largest absolute Gasteiger partial charge is 0.494 e. The summed E-state index contributed by atoms with van der Waals surface area (Å²) in [4.78, 5) is 24.0. The lowest BCUT2D eigenvalue weighted by atomic mass is 9.94. The number of nitrogens with one attached hydrogen (secondary N) is 1. The quantitative estimate of drug-likeness (QED) is 0.351. The minimum Gasteiger partial charge on any atom is -0.494 e. The van der Waals surface area contributed by atoms with Crippen molar-refractivity contribution in [2.24, 2.45) is 11.8 Å². The second-order valence-electron chi connectivity index (χ2n) is 11.4. The summed E-state index contributed by atoms with van der Waals surface area (Å²) in [6.45, 7) is 13.7. The van der Waals surface area contributed by atoms with Crippen LogP contribution in [0.25, 0.3) is 21.9 Å². The summed E-state index contributed by atoms with van der Waals surface area (Å²) in [5, 5.41) is 4.31. The van der Waals surface area contributed by atoms with E-state index < -0.39 is 0 Å². The van der Waals surface area contributed by atoms with E-state index in [1.807, 2.05) is 37.8 Å². The molecule has 0 bridgehead atoms. The molecule has 214 valence electrons. The van der Waals surface area contributed by atoms with Gasteiger partial charge < -0.3 is 25.3 Å². The summed E-state index contributed by atoms with van der Waals surface area (Å²) in [7, 11) is 0. The van der Waals surface area contributed by atoms with Crippen molar-refractivity contribution in [1.29, 1.82) is 0 Å². The van der Waals surface area contributed by atoms with Crippen LogP contribution in [0.2, 0.25) is 0 Å². The van der Waals surface area contributed by atoms with Crippen molar-refractivity contribution in [2.75, 3.05) is 25.4 Å². The molecule has 0 atom stereocenters. The molecule has 0 radical (unpaired) electrons. The number of piperidine rings is 1. The standard InChI is InChI=1S/C29H42N6O2.C2H6/c1-19(2)18-35-20(3)31-26-27(35)24-10-9-23(17-25(24)33-28(26)30)37-16-13-21-11-14-34(15-12-21)29(36)32-22-7-5-4-6-8-22;1-2/h9-10,17,19,21-22H,4-8,11-16,18H2,1-3H3,(H2,30,33)(H,32,36);1-2H3. The minimum atomic E-state index is 0.128. The fraction of sp³-hybridized carbons (Fsp3) is 0.645. The van der Waals surface area contributed by atoms with E-state index in [4.69, 9.17) is 15.5 Å². The Kier molecular flexibility index (Phi) is 9.92. The maximum Gasteiger partial charge on any atom is 0.317 e. The van der Waals surface area contributed by atoms with Crippen LogP contribution >= 0.6 is 0 Å². The average Bonchev–Trinajstić information content (AvgIpc) is 3.26. The molecule has 3 N–H and O–H groups in total. The van der Waals surface area contributed by atoms with E-state index in [-0.39, 0.29) is 6.03 Å². The number of nitrogens with zero attached hydrogens (tertiary/aromatic N) is 4. The Morgan fingerprint density at radius 3 is 2.51 bits per heavy atom. The van der Waals surface area contributed by atoms with Crippen LogP contribution in [0.1, 0.15) is 84.9 Å². The van der Waals surface area contributed by atoms with Crippen molar-refractivity contribution in [3.05, 3.63) is 24.0 Å². The van der Waals surface area contributed by atoms with Gasteiger partial charge in [-0.25, -0.2) is 14.8 Å². The van der Waals surface area contributed by atoms with Gasteiger partial charge in [0.15, 0.2) is 5.82 Å². The molecule has 2 aromatic heterocycles. The SMILES string of the molecule is CC.Cc1nc2c(N)nc3cc(OCCC4CCN(C(=O)NC5CCCCC5)CC4)ccc3c2n1CC(C)C. The summed E-state index contributed by atoms with van der Waals surface area (Å²) >= 11 is 0. The number of carbonyl (C=O) groups is 1. The number of rotatable bonds is 7. The Morgan fingerprint density at radius 2 is 1.82 bits per heavy atom. The van der Waals surface area contributed by atoms with Crippen LogP contribution in [0.5, 0.6) is 5.75 Å². The summed E-state index contributed by atoms with van der Waals surface area (Å²) in [6, 6.07) is 6.60. The number of carbonyl (C=O) groups excluding carboxylic acids is 1. The molecule has 0 spiro atoms. The third-order valence-corrected chi connectivity index (χ3v) is 8.04. The summed E-state index contributed by atoms with van der Waals surface area (Å²) in [5.41, 5.74) is 8.98. The van der Waals surface area contributed by atoms with Crippen molar-refractivity contribution < 1.29 is 9.53 Å². The van der Waals surface area contributed by atoms with Gasteiger partial charge in [-0.2, -0.15) is 0 Å². The number of amides is 2. The molecule has 3 aromatic rings. The van der Waals surface area contributed by atoms with Crippen LogP contribution < -0.4 is 15.8 Å². The van der Waals surface area contributed by atoms with Gasteiger partial charge in [0.1, 0.15) is 17.1 Å². The lowest BCUT2D eigenvalue weighted by Crippen LogP contribution is -2.48.